The number of piperidine rings is 1. The molecule has 1 saturated heterocycles. The number of anilines is 1. The van der Waals surface area contributed by atoms with E-state index in [0.717, 1.165) is 49.3 Å². The molecule has 0 unspecified atom stereocenters. The summed E-state index contributed by atoms with van der Waals surface area (Å²) in [6, 6.07) is 12.6. The maximum atomic E-state index is 14.4. The van der Waals surface area contributed by atoms with Crippen LogP contribution in [0.15, 0.2) is 48.5 Å². The fourth-order valence-electron chi connectivity index (χ4n) is 4.43. The largest absolute Gasteiger partial charge is 0.445 e. The van der Waals surface area contributed by atoms with E-state index >= 15 is 0 Å². The molecule has 7 nitrogen and oxygen atoms in total. The Bertz CT molecular complexity index is 1230. The topological polar surface area (TPSA) is 67.8 Å². The summed E-state index contributed by atoms with van der Waals surface area (Å²) in [7, 11) is 0. The molecule has 1 aromatic heterocycles. The quantitative estimate of drug-likeness (QED) is 0.468. The Hall–Kier alpha value is -3.75. The Kier molecular flexibility index (Phi) is 6.97. The Morgan fingerprint density at radius 1 is 1.06 bits per heavy atom. The van der Waals surface area contributed by atoms with Crippen molar-refractivity contribution in [3.05, 3.63) is 77.0 Å². The van der Waals surface area contributed by atoms with E-state index in [2.05, 4.69) is 16.8 Å². The van der Waals surface area contributed by atoms with Crippen LogP contribution in [-0.2, 0) is 24.3 Å². The van der Waals surface area contributed by atoms with Crippen molar-refractivity contribution in [2.24, 2.45) is 5.92 Å². The number of carbonyl (C=O) groups is 1. The molecule has 36 heavy (non-hydrogen) atoms. The van der Waals surface area contributed by atoms with Crippen molar-refractivity contribution < 1.29 is 23.0 Å². The SMILES string of the molecule is CC1CCN(c2nc3c(c(Oc4ccc(F)cc4F)n2)CN(C(=O)OCc2ccccc2)CC3)CC1. The molecule has 2 aliphatic rings. The fourth-order valence-corrected chi connectivity index (χ4v) is 4.43. The molecule has 5 rings (SSSR count). The van der Waals surface area contributed by atoms with Crippen LogP contribution in [0.5, 0.6) is 11.6 Å². The number of halogens is 2. The maximum Gasteiger partial charge on any atom is 0.410 e. The molecule has 0 spiro atoms. The van der Waals surface area contributed by atoms with E-state index in [1.165, 1.54) is 6.07 Å². The van der Waals surface area contributed by atoms with Crippen LogP contribution in [0.25, 0.3) is 0 Å². The molecule has 188 valence electrons. The summed E-state index contributed by atoms with van der Waals surface area (Å²) in [6.45, 7) is 4.62. The fraction of sp³-hybridized carbons (Fsp3) is 0.370. The molecule has 0 bridgehead atoms. The van der Waals surface area contributed by atoms with Crippen LogP contribution < -0.4 is 9.64 Å². The van der Waals surface area contributed by atoms with Gasteiger partial charge in [0.25, 0.3) is 0 Å². The van der Waals surface area contributed by atoms with Gasteiger partial charge in [0.2, 0.25) is 11.8 Å². The second kappa shape index (κ2) is 10.5. The van der Waals surface area contributed by atoms with E-state index in [1.807, 2.05) is 30.3 Å². The molecule has 1 amide bonds. The molecule has 3 aromatic rings. The van der Waals surface area contributed by atoms with Crippen LogP contribution in [0, 0.1) is 17.6 Å². The van der Waals surface area contributed by atoms with Crippen LogP contribution in [-0.4, -0.2) is 40.6 Å². The minimum absolute atomic E-state index is 0.140. The van der Waals surface area contributed by atoms with Crippen molar-refractivity contribution in [2.45, 2.75) is 39.3 Å². The Morgan fingerprint density at radius 2 is 1.83 bits per heavy atom. The summed E-state index contributed by atoms with van der Waals surface area (Å²) in [4.78, 5) is 25.9. The van der Waals surface area contributed by atoms with Gasteiger partial charge in [-0.1, -0.05) is 37.3 Å². The average Bonchev–Trinajstić information content (AvgIpc) is 2.89. The summed E-state index contributed by atoms with van der Waals surface area (Å²) < 4.78 is 39.2. The highest BCUT2D eigenvalue weighted by molar-refractivity contribution is 5.68. The predicted octanol–water partition coefficient (Wildman–Crippen LogP) is 5.48. The van der Waals surface area contributed by atoms with E-state index in [-0.39, 0.29) is 24.8 Å². The van der Waals surface area contributed by atoms with Gasteiger partial charge in [0.05, 0.1) is 17.8 Å². The molecule has 1 fully saturated rings. The van der Waals surface area contributed by atoms with E-state index in [1.54, 1.807) is 4.90 Å². The standard InChI is InChI=1S/C27H28F2N4O3/c1-18-9-12-32(13-10-18)26-30-23-11-14-33(27(34)35-17-19-5-3-2-4-6-19)16-21(23)25(31-26)36-24-8-7-20(28)15-22(24)29/h2-8,15,18H,9-14,16-17H2,1H3. The van der Waals surface area contributed by atoms with Gasteiger partial charge < -0.3 is 19.3 Å². The minimum atomic E-state index is -0.828. The first-order valence-electron chi connectivity index (χ1n) is 12.2. The zero-order valence-corrected chi connectivity index (χ0v) is 20.1. The van der Waals surface area contributed by atoms with E-state index in [4.69, 9.17) is 14.5 Å². The van der Waals surface area contributed by atoms with Gasteiger partial charge in [-0.05, 0) is 36.5 Å². The summed E-state index contributed by atoms with van der Waals surface area (Å²) in [6.07, 6.45) is 2.09. The summed E-state index contributed by atoms with van der Waals surface area (Å²) in [5, 5.41) is 0. The lowest BCUT2D eigenvalue weighted by Crippen LogP contribution is -2.38. The first-order chi connectivity index (χ1) is 17.5. The number of carbonyl (C=O) groups excluding carboxylic acids is 1. The highest BCUT2D eigenvalue weighted by Crippen LogP contribution is 2.33. The number of nitrogens with zero attached hydrogens (tertiary/aromatic N) is 4. The van der Waals surface area contributed by atoms with Gasteiger partial charge in [0, 0.05) is 32.1 Å². The van der Waals surface area contributed by atoms with Gasteiger partial charge >= 0.3 is 6.09 Å². The van der Waals surface area contributed by atoms with Gasteiger partial charge in [-0.25, -0.2) is 18.6 Å². The molecule has 0 saturated carbocycles. The van der Waals surface area contributed by atoms with Crippen LogP contribution in [0.1, 0.15) is 36.6 Å². The van der Waals surface area contributed by atoms with Crippen LogP contribution in [0.4, 0.5) is 19.5 Å². The van der Waals surface area contributed by atoms with Gasteiger partial charge in [0.1, 0.15) is 12.4 Å². The molecule has 3 heterocycles. The Balaban J connectivity index is 1.40. The molecular weight excluding hydrogens is 466 g/mol. The Morgan fingerprint density at radius 3 is 2.58 bits per heavy atom. The third-order valence-electron chi connectivity index (χ3n) is 6.64. The zero-order chi connectivity index (χ0) is 25.1. The van der Waals surface area contributed by atoms with Crippen molar-refractivity contribution in [1.82, 2.24) is 14.9 Å². The van der Waals surface area contributed by atoms with Crippen LogP contribution in [0.2, 0.25) is 0 Å². The monoisotopic (exact) mass is 494 g/mol. The molecule has 0 N–H and O–H groups in total. The second-order valence-corrected chi connectivity index (χ2v) is 9.31. The van der Waals surface area contributed by atoms with Crippen molar-refractivity contribution in [3.8, 4) is 11.6 Å². The third-order valence-corrected chi connectivity index (χ3v) is 6.64. The molecule has 2 aliphatic heterocycles. The smallest absolute Gasteiger partial charge is 0.410 e. The number of rotatable bonds is 5. The van der Waals surface area contributed by atoms with Gasteiger partial charge in [0.15, 0.2) is 11.6 Å². The van der Waals surface area contributed by atoms with Crippen molar-refractivity contribution in [1.29, 1.82) is 0 Å². The number of ether oxygens (including phenoxy) is 2. The van der Waals surface area contributed by atoms with E-state index < -0.39 is 17.7 Å². The second-order valence-electron chi connectivity index (χ2n) is 9.31. The highest BCUT2D eigenvalue weighted by Gasteiger charge is 2.29. The third kappa shape index (κ3) is 5.40. The lowest BCUT2D eigenvalue weighted by atomic mass is 9.99. The van der Waals surface area contributed by atoms with E-state index in [9.17, 15) is 13.6 Å². The van der Waals surface area contributed by atoms with Crippen LogP contribution >= 0.6 is 0 Å². The summed E-state index contributed by atoms with van der Waals surface area (Å²) in [5.41, 5.74) is 2.24. The Labute approximate surface area is 208 Å². The normalized spacial score (nSPS) is 16.0. The summed E-state index contributed by atoms with van der Waals surface area (Å²) >= 11 is 0. The minimum Gasteiger partial charge on any atom is -0.445 e. The molecule has 9 heteroatoms. The van der Waals surface area contributed by atoms with Gasteiger partial charge in [-0.3, -0.25) is 0 Å². The lowest BCUT2D eigenvalue weighted by Gasteiger charge is -2.33. The number of fused-ring (bicyclic) bond motifs is 1. The van der Waals surface area contributed by atoms with Gasteiger partial charge in [-0.2, -0.15) is 4.98 Å². The summed E-state index contributed by atoms with van der Waals surface area (Å²) in [5.74, 6) is -0.332. The highest BCUT2D eigenvalue weighted by atomic mass is 19.1. The van der Waals surface area contributed by atoms with Crippen molar-refractivity contribution >= 4 is 12.0 Å². The molecular formula is C27H28F2N4O3. The molecule has 0 aliphatic carbocycles. The van der Waals surface area contributed by atoms with E-state index in [0.29, 0.717) is 30.4 Å². The number of hydrogen-bond donors (Lipinski definition) is 0. The molecule has 0 radical (unpaired) electrons. The van der Waals surface area contributed by atoms with Crippen LogP contribution in [0.3, 0.4) is 0 Å². The molecule has 2 aromatic carbocycles. The first kappa shape index (κ1) is 24.0. The predicted molar refractivity (Wildman–Crippen MR) is 130 cm³/mol. The number of benzene rings is 2. The maximum absolute atomic E-state index is 14.4. The van der Waals surface area contributed by atoms with Crippen molar-refractivity contribution in [3.63, 3.8) is 0 Å². The molecule has 0 atom stereocenters. The number of amides is 1. The average molecular weight is 495 g/mol. The number of hydrogen-bond acceptors (Lipinski definition) is 6. The van der Waals surface area contributed by atoms with Crippen molar-refractivity contribution in [2.75, 3.05) is 24.5 Å². The zero-order valence-electron chi connectivity index (χ0n) is 20.1. The van der Waals surface area contributed by atoms with Gasteiger partial charge in [-0.15, -0.1) is 0 Å². The number of aromatic nitrogens is 2. The first-order valence-corrected chi connectivity index (χ1v) is 12.2. The lowest BCUT2D eigenvalue weighted by molar-refractivity contribution is 0.0912.